The fourth-order valence-electron chi connectivity index (χ4n) is 1.86. The molecule has 0 fully saturated rings. The van der Waals surface area contributed by atoms with Crippen LogP contribution in [0.15, 0.2) is 22.7 Å². The van der Waals surface area contributed by atoms with Gasteiger partial charge < -0.3 is 5.73 Å². The van der Waals surface area contributed by atoms with Gasteiger partial charge in [0.15, 0.2) is 0 Å². The predicted octanol–water partition coefficient (Wildman–Crippen LogP) is 4.53. The van der Waals surface area contributed by atoms with E-state index in [0.29, 0.717) is 10.4 Å². The van der Waals surface area contributed by atoms with Crippen LogP contribution in [0.2, 0.25) is 0 Å². The van der Waals surface area contributed by atoms with Crippen molar-refractivity contribution in [2.24, 2.45) is 17.1 Å². The summed E-state index contributed by atoms with van der Waals surface area (Å²) < 4.78 is 13.6. The predicted molar refractivity (Wildman–Crippen MR) is 79.0 cm³/mol. The molecule has 2 atom stereocenters. The molecule has 1 aromatic carbocycles. The Hall–Kier alpha value is -0.410. The summed E-state index contributed by atoms with van der Waals surface area (Å²) in [6.07, 6.45) is 1.78. The zero-order valence-electron chi connectivity index (χ0n) is 11.6. The van der Waals surface area contributed by atoms with Crippen molar-refractivity contribution in [2.45, 2.75) is 46.6 Å². The van der Waals surface area contributed by atoms with E-state index < -0.39 is 0 Å². The molecule has 2 unspecified atom stereocenters. The van der Waals surface area contributed by atoms with E-state index in [1.165, 1.54) is 6.07 Å². The first-order valence-electron chi connectivity index (χ1n) is 6.39. The first-order valence-corrected chi connectivity index (χ1v) is 7.19. The first kappa shape index (κ1) is 15.6. The van der Waals surface area contributed by atoms with E-state index in [-0.39, 0.29) is 17.3 Å². The van der Waals surface area contributed by atoms with E-state index in [1.807, 2.05) is 12.1 Å². The van der Waals surface area contributed by atoms with Crippen LogP contribution >= 0.6 is 15.9 Å². The van der Waals surface area contributed by atoms with Crippen LogP contribution in [0.25, 0.3) is 0 Å². The molecule has 102 valence electrons. The maximum absolute atomic E-state index is 13.1. The minimum atomic E-state index is -0.226. The summed E-state index contributed by atoms with van der Waals surface area (Å²) in [6, 6.07) is 5.23. The zero-order chi connectivity index (χ0) is 13.9. The molecule has 0 saturated heterocycles. The Labute approximate surface area is 118 Å². The minimum Gasteiger partial charge on any atom is -0.327 e. The van der Waals surface area contributed by atoms with Crippen LogP contribution in [0.3, 0.4) is 0 Å². The molecule has 0 aromatic heterocycles. The lowest BCUT2D eigenvalue weighted by Gasteiger charge is -2.29. The van der Waals surface area contributed by atoms with Gasteiger partial charge in [0, 0.05) is 6.04 Å². The summed E-state index contributed by atoms with van der Waals surface area (Å²) in [6.45, 7) is 8.94. The molecule has 0 aliphatic carbocycles. The third-order valence-electron chi connectivity index (χ3n) is 3.62. The van der Waals surface area contributed by atoms with Crippen molar-refractivity contribution < 1.29 is 4.39 Å². The third kappa shape index (κ3) is 4.69. The van der Waals surface area contributed by atoms with Gasteiger partial charge >= 0.3 is 0 Å². The normalized spacial score (nSPS) is 15.5. The highest BCUT2D eigenvalue weighted by Crippen LogP contribution is 2.29. The summed E-state index contributed by atoms with van der Waals surface area (Å²) in [5, 5.41) is 0. The van der Waals surface area contributed by atoms with Crippen LogP contribution in [-0.4, -0.2) is 6.04 Å². The van der Waals surface area contributed by atoms with Gasteiger partial charge in [-0.25, -0.2) is 4.39 Å². The molecule has 0 saturated carbocycles. The Morgan fingerprint density at radius 2 is 1.94 bits per heavy atom. The van der Waals surface area contributed by atoms with Gasteiger partial charge in [-0.15, -0.1) is 0 Å². The maximum Gasteiger partial charge on any atom is 0.137 e. The molecule has 0 bridgehead atoms. The Morgan fingerprint density at radius 1 is 1.33 bits per heavy atom. The second-order valence-electron chi connectivity index (χ2n) is 6.22. The second kappa shape index (κ2) is 6.16. The van der Waals surface area contributed by atoms with Crippen LogP contribution in [-0.2, 0) is 6.42 Å². The molecule has 0 heterocycles. The summed E-state index contributed by atoms with van der Waals surface area (Å²) in [5.41, 5.74) is 7.54. The van der Waals surface area contributed by atoms with Crippen LogP contribution in [0.5, 0.6) is 0 Å². The second-order valence-corrected chi connectivity index (χ2v) is 7.07. The van der Waals surface area contributed by atoms with Crippen molar-refractivity contribution in [2.75, 3.05) is 0 Å². The molecule has 0 aliphatic heterocycles. The van der Waals surface area contributed by atoms with Crippen molar-refractivity contribution in [1.82, 2.24) is 0 Å². The smallest absolute Gasteiger partial charge is 0.137 e. The van der Waals surface area contributed by atoms with E-state index >= 15 is 0 Å². The number of hydrogen-bond acceptors (Lipinski definition) is 1. The molecular formula is C15H23BrFN. The fraction of sp³-hybridized carbons (Fsp3) is 0.600. The van der Waals surface area contributed by atoms with Gasteiger partial charge in [0.2, 0.25) is 0 Å². The Balaban J connectivity index is 2.59. The standard InChI is InChI=1S/C15H23BrFN/c1-10(15(2,3)4)7-12(18)8-11-5-6-14(17)13(16)9-11/h5-6,9-10,12H,7-8,18H2,1-4H3. The van der Waals surface area contributed by atoms with Gasteiger partial charge in [0.1, 0.15) is 5.82 Å². The minimum absolute atomic E-state index is 0.122. The number of rotatable bonds is 4. The molecule has 1 nitrogen and oxygen atoms in total. The molecule has 3 heteroatoms. The van der Waals surface area contributed by atoms with E-state index in [1.54, 1.807) is 0 Å². The van der Waals surface area contributed by atoms with Gasteiger partial charge in [-0.2, -0.15) is 0 Å². The van der Waals surface area contributed by atoms with Gasteiger partial charge in [-0.05, 0) is 57.8 Å². The monoisotopic (exact) mass is 315 g/mol. The molecule has 0 amide bonds. The highest BCUT2D eigenvalue weighted by atomic mass is 79.9. The molecular weight excluding hydrogens is 293 g/mol. The summed E-state index contributed by atoms with van der Waals surface area (Å²) in [4.78, 5) is 0. The first-order chi connectivity index (χ1) is 8.20. The number of halogens is 2. The van der Waals surface area contributed by atoms with E-state index in [9.17, 15) is 4.39 Å². The lowest BCUT2D eigenvalue weighted by Crippen LogP contribution is -2.30. The lowest BCUT2D eigenvalue weighted by molar-refractivity contribution is 0.233. The van der Waals surface area contributed by atoms with Gasteiger partial charge in [0.05, 0.1) is 4.47 Å². The quantitative estimate of drug-likeness (QED) is 0.868. The summed E-state index contributed by atoms with van der Waals surface area (Å²) in [5.74, 6) is 0.340. The largest absolute Gasteiger partial charge is 0.327 e. The van der Waals surface area contributed by atoms with Crippen molar-refractivity contribution >= 4 is 15.9 Å². The van der Waals surface area contributed by atoms with Crippen LogP contribution in [0.4, 0.5) is 4.39 Å². The van der Waals surface area contributed by atoms with E-state index in [2.05, 4.69) is 43.6 Å². The van der Waals surface area contributed by atoms with Crippen molar-refractivity contribution in [3.05, 3.63) is 34.1 Å². The molecule has 2 N–H and O–H groups in total. The Bertz CT molecular complexity index is 398. The highest BCUT2D eigenvalue weighted by molar-refractivity contribution is 9.10. The highest BCUT2D eigenvalue weighted by Gasteiger charge is 2.22. The van der Waals surface area contributed by atoms with Crippen molar-refractivity contribution in [3.8, 4) is 0 Å². The molecule has 0 aliphatic rings. The average Bonchev–Trinajstić information content (AvgIpc) is 2.22. The summed E-state index contributed by atoms with van der Waals surface area (Å²) in [7, 11) is 0. The maximum atomic E-state index is 13.1. The summed E-state index contributed by atoms with van der Waals surface area (Å²) >= 11 is 3.20. The third-order valence-corrected chi connectivity index (χ3v) is 4.22. The molecule has 0 spiro atoms. The lowest BCUT2D eigenvalue weighted by atomic mass is 9.78. The van der Waals surface area contributed by atoms with Crippen LogP contribution in [0, 0.1) is 17.2 Å². The Kier molecular flexibility index (Phi) is 5.35. The van der Waals surface area contributed by atoms with Gasteiger partial charge in [-0.1, -0.05) is 33.8 Å². The molecule has 18 heavy (non-hydrogen) atoms. The molecule has 1 aromatic rings. The molecule has 1 rings (SSSR count). The number of nitrogens with two attached hydrogens (primary N) is 1. The molecule has 0 radical (unpaired) electrons. The van der Waals surface area contributed by atoms with Crippen LogP contribution in [0.1, 0.15) is 39.7 Å². The van der Waals surface area contributed by atoms with Crippen molar-refractivity contribution in [1.29, 1.82) is 0 Å². The van der Waals surface area contributed by atoms with Gasteiger partial charge in [-0.3, -0.25) is 0 Å². The zero-order valence-corrected chi connectivity index (χ0v) is 13.2. The number of benzene rings is 1. The Morgan fingerprint density at radius 3 is 2.44 bits per heavy atom. The van der Waals surface area contributed by atoms with Gasteiger partial charge in [0.25, 0.3) is 0 Å². The van der Waals surface area contributed by atoms with E-state index in [0.717, 1.165) is 18.4 Å². The SMILES string of the molecule is CC(CC(N)Cc1ccc(F)c(Br)c1)C(C)(C)C. The fourth-order valence-corrected chi connectivity index (χ4v) is 2.29. The number of hydrogen-bond donors (Lipinski definition) is 1. The van der Waals surface area contributed by atoms with Crippen LogP contribution < -0.4 is 5.73 Å². The van der Waals surface area contributed by atoms with E-state index in [4.69, 9.17) is 5.73 Å². The average molecular weight is 316 g/mol. The topological polar surface area (TPSA) is 26.0 Å². The van der Waals surface area contributed by atoms with Crippen molar-refractivity contribution in [3.63, 3.8) is 0 Å².